The highest BCUT2D eigenvalue weighted by atomic mass is 35.5. The van der Waals surface area contributed by atoms with Crippen molar-refractivity contribution >= 4 is 17.7 Å². The largest absolute Gasteiger partial charge is 0.269 e. The molecule has 1 rings (SSSR count). The van der Waals surface area contributed by atoms with Gasteiger partial charge in [-0.3, -0.25) is 9.80 Å². The third kappa shape index (κ3) is 3.95. The molecule has 0 aliphatic rings. The molecule has 1 aromatic carbocycles. The van der Waals surface area contributed by atoms with Crippen LogP contribution in [0.3, 0.4) is 0 Å². The summed E-state index contributed by atoms with van der Waals surface area (Å²) < 4.78 is 0. The van der Waals surface area contributed by atoms with Gasteiger partial charge in [0.25, 0.3) is 5.91 Å². The lowest BCUT2D eigenvalue weighted by molar-refractivity contribution is 0.0515. The number of hydrogen-bond donors (Lipinski definition) is 1. The predicted octanol–water partition coefficient (Wildman–Crippen LogP) is 3.88. The third-order valence-corrected chi connectivity index (χ3v) is 3.13. The molecule has 0 saturated heterocycles. The zero-order valence-electron chi connectivity index (χ0n) is 12.5. The Morgan fingerprint density at radius 1 is 1.05 bits per heavy atom. The number of carbonyl (C=O) groups is 1. The molecule has 0 atom stereocenters. The molecule has 0 radical (unpaired) electrons. The molecule has 19 heavy (non-hydrogen) atoms. The molecule has 1 N–H and O–H groups in total. The fourth-order valence-electron chi connectivity index (χ4n) is 1.71. The van der Waals surface area contributed by atoms with Crippen molar-refractivity contribution < 1.29 is 4.79 Å². The van der Waals surface area contributed by atoms with Crippen molar-refractivity contribution in [2.45, 2.75) is 52.5 Å². The maximum atomic E-state index is 12.4. The van der Waals surface area contributed by atoms with Crippen LogP contribution in [0.1, 0.15) is 57.5 Å². The van der Waals surface area contributed by atoms with E-state index in [4.69, 9.17) is 11.8 Å². The van der Waals surface area contributed by atoms with E-state index in [9.17, 15) is 4.79 Å². The molecule has 0 unspecified atom stereocenters. The van der Waals surface area contributed by atoms with Crippen LogP contribution in [0.5, 0.6) is 0 Å². The van der Waals surface area contributed by atoms with E-state index in [1.165, 1.54) is 10.6 Å². The Kier molecular flexibility index (Phi) is 4.64. The van der Waals surface area contributed by atoms with Gasteiger partial charge in [-0.1, -0.05) is 32.9 Å². The molecule has 4 heteroatoms. The number of amides is 1. The smallest absolute Gasteiger partial charge is 0.268 e. The van der Waals surface area contributed by atoms with Crippen LogP contribution < -0.4 is 4.94 Å². The summed E-state index contributed by atoms with van der Waals surface area (Å²) in [6.07, 6.45) is 0. The van der Waals surface area contributed by atoms with Crippen molar-refractivity contribution in [3.63, 3.8) is 0 Å². The minimum absolute atomic E-state index is 0.0794. The molecule has 3 nitrogen and oxygen atoms in total. The SMILES string of the molecule is CC(C)(C)c1ccc(C(=O)N(NCl)C(C)(C)C)cc1. The first-order chi connectivity index (χ1) is 8.57. The minimum atomic E-state index is -0.387. The number of halogens is 1. The molecule has 0 spiro atoms. The van der Waals surface area contributed by atoms with E-state index in [1.807, 2.05) is 45.0 Å². The summed E-state index contributed by atoms with van der Waals surface area (Å²) in [5.41, 5.74) is 1.51. The van der Waals surface area contributed by atoms with Gasteiger partial charge in [0.2, 0.25) is 0 Å². The van der Waals surface area contributed by atoms with E-state index < -0.39 is 0 Å². The molecule has 106 valence electrons. The van der Waals surface area contributed by atoms with Crippen LogP contribution in [0, 0.1) is 0 Å². The second-order valence-corrected chi connectivity index (χ2v) is 6.89. The van der Waals surface area contributed by atoms with Crippen molar-refractivity contribution in [3.05, 3.63) is 35.4 Å². The van der Waals surface area contributed by atoms with Gasteiger partial charge < -0.3 is 0 Å². The fourth-order valence-corrected chi connectivity index (χ4v) is 2.04. The van der Waals surface area contributed by atoms with E-state index in [-0.39, 0.29) is 16.9 Å². The number of nitrogens with one attached hydrogen (secondary N) is 1. The monoisotopic (exact) mass is 282 g/mol. The Morgan fingerprint density at radius 2 is 1.53 bits per heavy atom. The quantitative estimate of drug-likeness (QED) is 0.659. The maximum absolute atomic E-state index is 12.4. The Morgan fingerprint density at radius 3 is 1.84 bits per heavy atom. The Labute approximate surface area is 121 Å². The van der Waals surface area contributed by atoms with Gasteiger partial charge in [0.05, 0.1) is 5.54 Å². The third-order valence-electron chi connectivity index (χ3n) is 2.96. The number of rotatable bonds is 2. The van der Waals surface area contributed by atoms with Crippen LogP contribution in [0.15, 0.2) is 24.3 Å². The second-order valence-electron chi connectivity index (χ2n) is 6.72. The number of carbonyl (C=O) groups excluding carboxylic acids is 1. The molecule has 0 aliphatic carbocycles. The molecular weight excluding hydrogens is 260 g/mol. The van der Waals surface area contributed by atoms with E-state index in [2.05, 4.69) is 25.7 Å². The predicted molar refractivity (Wildman–Crippen MR) is 80.1 cm³/mol. The summed E-state index contributed by atoms with van der Waals surface area (Å²) in [6, 6.07) is 7.66. The first-order valence-corrected chi connectivity index (χ1v) is 6.76. The van der Waals surface area contributed by atoms with Crippen LogP contribution in [-0.2, 0) is 5.41 Å². The summed E-state index contributed by atoms with van der Waals surface area (Å²) in [7, 11) is 0. The van der Waals surface area contributed by atoms with Gasteiger partial charge >= 0.3 is 0 Å². The highest BCUT2D eigenvalue weighted by Crippen LogP contribution is 2.23. The van der Waals surface area contributed by atoms with Crippen LogP contribution in [0.25, 0.3) is 0 Å². The normalized spacial score (nSPS) is 12.4. The standard InChI is InChI=1S/C15H23ClN2O/c1-14(2,3)12-9-7-11(8-10-12)13(19)18(17-16)15(4,5)6/h7-10,17H,1-6H3. The molecule has 1 aromatic rings. The van der Waals surface area contributed by atoms with E-state index in [0.717, 1.165) is 0 Å². The summed E-state index contributed by atoms with van der Waals surface area (Å²) in [5.74, 6) is -0.136. The highest BCUT2D eigenvalue weighted by Gasteiger charge is 2.27. The van der Waals surface area contributed by atoms with Crippen LogP contribution in [-0.4, -0.2) is 16.5 Å². The second kappa shape index (κ2) is 5.51. The summed E-state index contributed by atoms with van der Waals surface area (Å²) in [4.78, 5) is 14.8. The van der Waals surface area contributed by atoms with Gasteiger partial charge in [-0.15, -0.1) is 4.94 Å². The first kappa shape index (κ1) is 16.0. The van der Waals surface area contributed by atoms with Gasteiger partial charge in [0.1, 0.15) is 0 Å². The Bertz CT molecular complexity index is 441. The average molecular weight is 283 g/mol. The molecule has 1 amide bonds. The molecule has 0 aromatic heterocycles. The van der Waals surface area contributed by atoms with Gasteiger partial charge in [-0.2, -0.15) is 0 Å². The summed E-state index contributed by atoms with van der Waals surface area (Å²) >= 11 is 5.66. The van der Waals surface area contributed by atoms with E-state index in [0.29, 0.717) is 5.56 Å². The van der Waals surface area contributed by atoms with Crippen molar-refractivity contribution in [2.24, 2.45) is 0 Å². The summed E-state index contributed by atoms with van der Waals surface area (Å²) in [6.45, 7) is 12.2. The first-order valence-electron chi connectivity index (χ1n) is 6.39. The molecule has 0 fully saturated rings. The van der Waals surface area contributed by atoms with Crippen molar-refractivity contribution in [1.82, 2.24) is 9.95 Å². The zero-order chi connectivity index (χ0) is 14.8. The average Bonchev–Trinajstić information content (AvgIpc) is 2.27. The highest BCUT2D eigenvalue weighted by molar-refractivity contribution is 6.14. The zero-order valence-corrected chi connectivity index (χ0v) is 13.3. The molecule has 0 bridgehead atoms. The van der Waals surface area contributed by atoms with E-state index in [1.54, 1.807) is 0 Å². The molecule has 0 saturated carbocycles. The van der Waals surface area contributed by atoms with E-state index >= 15 is 0 Å². The Balaban J connectivity index is 3.01. The van der Waals surface area contributed by atoms with Gasteiger partial charge in [-0.05, 0) is 55.7 Å². The van der Waals surface area contributed by atoms with Crippen LogP contribution in [0.2, 0.25) is 0 Å². The maximum Gasteiger partial charge on any atom is 0.269 e. The Hall–Kier alpha value is -1.06. The molecular formula is C15H23ClN2O. The number of hydrazine groups is 1. The lowest BCUT2D eigenvalue weighted by Gasteiger charge is -2.33. The lowest BCUT2D eigenvalue weighted by atomic mass is 9.86. The fraction of sp³-hybridized carbons (Fsp3) is 0.533. The number of hydrogen-bond acceptors (Lipinski definition) is 2. The number of nitrogens with zero attached hydrogens (tertiary/aromatic N) is 1. The molecule has 0 aliphatic heterocycles. The minimum Gasteiger partial charge on any atom is -0.268 e. The van der Waals surface area contributed by atoms with Gasteiger partial charge in [0, 0.05) is 5.56 Å². The lowest BCUT2D eigenvalue weighted by Crippen LogP contribution is -2.50. The van der Waals surface area contributed by atoms with Crippen molar-refractivity contribution in [2.75, 3.05) is 0 Å². The van der Waals surface area contributed by atoms with Gasteiger partial charge in [0.15, 0.2) is 0 Å². The van der Waals surface area contributed by atoms with Crippen molar-refractivity contribution in [1.29, 1.82) is 0 Å². The van der Waals surface area contributed by atoms with Crippen LogP contribution in [0.4, 0.5) is 0 Å². The topological polar surface area (TPSA) is 32.3 Å². The number of benzene rings is 1. The van der Waals surface area contributed by atoms with Crippen LogP contribution >= 0.6 is 11.8 Å². The van der Waals surface area contributed by atoms with Gasteiger partial charge in [-0.25, -0.2) is 0 Å². The van der Waals surface area contributed by atoms with Crippen molar-refractivity contribution in [3.8, 4) is 0 Å². The molecule has 0 heterocycles. The summed E-state index contributed by atoms with van der Waals surface area (Å²) in [5, 5.41) is 1.42.